The lowest BCUT2D eigenvalue weighted by molar-refractivity contribution is 0.359. The van der Waals surface area contributed by atoms with Crippen molar-refractivity contribution in [1.29, 1.82) is 0 Å². The minimum Gasteiger partial charge on any atom is -0.339 e. The van der Waals surface area contributed by atoms with Crippen molar-refractivity contribution in [2.45, 2.75) is 36.8 Å². The molecule has 2 aromatic rings. The lowest BCUT2D eigenvalue weighted by atomic mass is 10.0. The van der Waals surface area contributed by atoms with Gasteiger partial charge in [0, 0.05) is 11.3 Å². The van der Waals surface area contributed by atoms with Crippen LogP contribution >= 0.6 is 11.8 Å². The molecule has 114 valence electrons. The van der Waals surface area contributed by atoms with Gasteiger partial charge in [-0.1, -0.05) is 24.2 Å². The van der Waals surface area contributed by atoms with E-state index in [0.29, 0.717) is 34.8 Å². The van der Waals surface area contributed by atoms with E-state index in [1.54, 1.807) is 12.1 Å². The number of aryl methyl sites for hydroxylation is 1. The largest absolute Gasteiger partial charge is 0.339 e. The summed E-state index contributed by atoms with van der Waals surface area (Å²) in [5.74, 6) is 2.08. The van der Waals surface area contributed by atoms with E-state index in [9.17, 15) is 4.39 Å². The van der Waals surface area contributed by atoms with Crippen LogP contribution in [-0.4, -0.2) is 16.7 Å². The van der Waals surface area contributed by atoms with E-state index in [-0.39, 0.29) is 5.82 Å². The van der Waals surface area contributed by atoms with E-state index in [1.165, 1.54) is 17.8 Å². The zero-order valence-corrected chi connectivity index (χ0v) is 12.9. The van der Waals surface area contributed by atoms with Gasteiger partial charge < -0.3 is 10.3 Å². The Labute approximate surface area is 128 Å². The topological polar surface area (TPSA) is 64.9 Å². The zero-order valence-electron chi connectivity index (χ0n) is 12.1. The maximum Gasteiger partial charge on any atom is 0.226 e. The van der Waals surface area contributed by atoms with E-state index in [0.717, 1.165) is 19.3 Å². The van der Waals surface area contributed by atoms with E-state index in [4.69, 9.17) is 10.3 Å². The number of aromatic nitrogens is 2. The first-order valence-electron chi connectivity index (χ1n) is 7.08. The molecule has 1 unspecified atom stereocenters. The van der Waals surface area contributed by atoms with Gasteiger partial charge in [-0.05, 0) is 37.4 Å². The Kier molecular flexibility index (Phi) is 6.20. The summed E-state index contributed by atoms with van der Waals surface area (Å²) < 4.78 is 18.7. The Morgan fingerprint density at radius 1 is 1.33 bits per heavy atom. The third-order valence-electron chi connectivity index (χ3n) is 3.21. The monoisotopic (exact) mass is 309 g/mol. The predicted molar refractivity (Wildman–Crippen MR) is 81.4 cm³/mol. The molecule has 0 spiro atoms. The molecule has 0 aliphatic rings. The second-order valence-electron chi connectivity index (χ2n) is 5.04. The number of nitrogens with two attached hydrogens (primary N) is 1. The second-order valence-corrected chi connectivity index (χ2v) is 6.06. The number of hydrogen-bond donors (Lipinski definition) is 1. The van der Waals surface area contributed by atoms with Crippen molar-refractivity contribution in [3.8, 4) is 0 Å². The van der Waals surface area contributed by atoms with Crippen LogP contribution in [0, 0.1) is 11.7 Å². The van der Waals surface area contributed by atoms with E-state index < -0.39 is 0 Å². The molecule has 21 heavy (non-hydrogen) atoms. The Bertz CT molecular complexity index is 561. The number of rotatable bonds is 8. The quantitative estimate of drug-likeness (QED) is 0.757. The second kappa shape index (κ2) is 8.14. The van der Waals surface area contributed by atoms with Gasteiger partial charge in [-0.25, -0.2) is 4.39 Å². The molecule has 0 aliphatic heterocycles. The molecule has 4 nitrogen and oxygen atoms in total. The van der Waals surface area contributed by atoms with Gasteiger partial charge in [0.25, 0.3) is 0 Å². The lowest BCUT2D eigenvalue weighted by Crippen LogP contribution is -2.06. The van der Waals surface area contributed by atoms with Crippen LogP contribution in [0.15, 0.2) is 33.7 Å². The van der Waals surface area contributed by atoms with Crippen molar-refractivity contribution in [1.82, 2.24) is 10.1 Å². The fourth-order valence-corrected chi connectivity index (χ4v) is 2.74. The molecule has 2 rings (SSSR count). The van der Waals surface area contributed by atoms with Gasteiger partial charge in [-0.15, -0.1) is 11.8 Å². The highest BCUT2D eigenvalue weighted by Gasteiger charge is 2.10. The van der Waals surface area contributed by atoms with Gasteiger partial charge >= 0.3 is 0 Å². The van der Waals surface area contributed by atoms with Crippen LogP contribution in [0.5, 0.6) is 0 Å². The molecule has 0 amide bonds. The number of nitrogens with zero attached hydrogens (tertiary/aromatic N) is 2. The third-order valence-corrected chi connectivity index (χ3v) is 4.26. The lowest BCUT2D eigenvalue weighted by Gasteiger charge is -2.06. The first-order valence-corrected chi connectivity index (χ1v) is 8.06. The smallest absolute Gasteiger partial charge is 0.226 e. The average Bonchev–Trinajstić information content (AvgIpc) is 2.93. The molecule has 1 aromatic heterocycles. The summed E-state index contributed by atoms with van der Waals surface area (Å²) >= 11 is 1.37. The van der Waals surface area contributed by atoms with Gasteiger partial charge in [0.2, 0.25) is 5.89 Å². The zero-order chi connectivity index (χ0) is 15.1. The van der Waals surface area contributed by atoms with Gasteiger partial charge in [0.1, 0.15) is 5.82 Å². The van der Waals surface area contributed by atoms with Crippen LogP contribution in [0.25, 0.3) is 0 Å². The van der Waals surface area contributed by atoms with Crippen LogP contribution in [-0.2, 0) is 12.2 Å². The molecule has 0 fully saturated rings. The summed E-state index contributed by atoms with van der Waals surface area (Å²) in [5, 5.41) is 3.93. The Morgan fingerprint density at radius 2 is 2.14 bits per heavy atom. The van der Waals surface area contributed by atoms with Crippen molar-refractivity contribution in [2.75, 3.05) is 6.54 Å². The van der Waals surface area contributed by atoms with Gasteiger partial charge in [0.15, 0.2) is 5.82 Å². The molecule has 1 heterocycles. The predicted octanol–water partition coefficient (Wildman–Crippen LogP) is 3.42. The molecule has 0 saturated heterocycles. The summed E-state index contributed by atoms with van der Waals surface area (Å²) in [6.07, 6.45) is 2.75. The molecule has 0 radical (unpaired) electrons. The number of thioether (sulfide) groups is 1. The summed E-state index contributed by atoms with van der Waals surface area (Å²) in [6, 6.07) is 6.68. The van der Waals surface area contributed by atoms with Crippen molar-refractivity contribution in [2.24, 2.45) is 11.7 Å². The third kappa shape index (κ3) is 5.13. The normalized spacial score (nSPS) is 12.5. The maximum atomic E-state index is 13.5. The average molecular weight is 309 g/mol. The minimum absolute atomic E-state index is 0.221. The molecule has 2 N–H and O–H groups in total. The van der Waals surface area contributed by atoms with Crippen LogP contribution in [0.3, 0.4) is 0 Å². The van der Waals surface area contributed by atoms with Gasteiger partial charge in [-0.3, -0.25) is 0 Å². The van der Waals surface area contributed by atoms with Gasteiger partial charge in [-0.2, -0.15) is 4.98 Å². The van der Waals surface area contributed by atoms with Crippen LogP contribution in [0.4, 0.5) is 4.39 Å². The van der Waals surface area contributed by atoms with Crippen LogP contribution < -0.4 is 5.73 Å². The van der Waals surface area contributed by atoms with Crippen LogP contribution in [0.2, 0.25) is 0 Å². The molecular weight excluding hydrogens is 289 g/mol. The van der Waals surface area contributed by atoms with Crippen molar-refractivity contribution >= 4 is 11.8 Å². The molecule has 1 atom stereocenters. The first kappa shape index (κ1) is 16.0. The maximum absolute atomic E-state index is 13.5. The van der Waals surface area contributed by atoms with Crippen molar-refractivity contribution in [3.05, 3.63) is 41.8 Å². The molecule has 0 aliphatic carbocycles. The number of hydrogen-bond acceptors (Lipinski definition) is 5. The molecule has 1 aromatic carbocycles. The molecule has 0 bridgehead atoms. The summed E-state index contributed by atoms with van der Waals surface area (Å²) in [4.78, 5) is 4.93. The highest BCUT2D eigenvalue weighted by atomic mass is 32.2. The Morgan fingerprint density at radius 3 is 2.90 bits per heavy atom. The molecule has 0 saturated carbocycles. The number of benzene rings is 1. The highest BCUT2D eigenvalue weighted by molar-refractivity contribution is 7.98. The summed E-state index contributed by atoms with van der Waals surface area (Å²) in [6.45, 7) is 2.87. The van der Waals surface area contributed by atoms with Gasteiger partial charge in [0.05, 0.1) is 5.75 Å². The van der Waals surface area contributed by atoms with E-state index in [1.807, 2.05) is 6.07 Å². The van der Waals surface area contributed by atoms with E-state index >= 15 is 0 Å². The fraction of sp³-hybridized carbons (Fsp3) is 0.467. The SMILES string of the molecule is CC(CCN)CCc1nc(CSc2ccccc2F)no1. The number of halogens is 1. The standard InChI is InChI=1S/C15H20FN3OS/c1-11(8-9-17)6-7-15-18-14(19-20-15)10-21-13-5-3-2-4-12(13)16/h2-5,11H,6-10,17H2,1H3. The summed E-state index contributed by atoms with van der Waals surface area (Å²) in [7, 11) is 0. The molecular formula is C15H20FN3OS. The molecule has 6 heteroatoms. The van der Waals surface area contributed by atoms with Crippen molar-refractivity contribution < 1.29 is 8.91 Å². The fourth-order valence-electron chi connectivity index (χ4n) is 1.95. The Hall–Kier alpha value is -1.40. The van der Waals surface area contributed by atoms with Crippen LogP contribution in [0.1, 0.15) is 31.5 Å². The van der Waals surface area contributed by atoms with Crippen molar-refractivity contribution in [3.63, 3.8) is 0 Å². The first-order chi connectivity index (χ1) is 10.2. The Balaban J connectivity index is 1.82. The minimum atomic E-state index is -0.221. The highest BCUT2D eigenvalue weighted by Crippen LogP contribution is 2.24. The van der Waals surface area contributed by atoms with E-state index in [2.05, 4.69) is 17.1 Å². The summed E-state index contributed by atoms with van der Waals surface area (Å²) in [5.41, 5.74) is 5.52.